The topological polar surface area (TPSA) is 49.4 Å². The zero-order valence-corrected chi connectivity index (χ0v) is 15.1. The van der Waals surface area contributed by atoms with E-state index in [1.165, 1.54) is 0 Å². The van der Waals surface area contributed by atoms with Crippen LogP contribution in [-0.2, 0) is 10.0 Å². The van der Waals surface area contributed by atoms with Gasteiger partial charge in [0.1, 0.15) is 0 Å². The first-order valence-corrected chi connectivity index (χ1v) is 8.79. The molecule has 0 aliphatic carbocycles. The normalized spacial score (nSPS) is 13.7. The van der Waals surface area contributed by atoms with Crippen molar-refractivity contribution >= 4 is 10.0 Å². The van der Waals surface area contributed by atoms with Gasteiger partial charge in [-0.25, -0.2) is 13.1 Å². The van der Waals surface area contributed by atoms with E-state index in [4.69, 9.17) is 0 Å². The molecule has 1 atom stereocenters. The fourth-order valence-electron chi connectivity index (χ4n) is 2.42. The molecule has 1 rings (SSSR count). The molecule has 0 radical (unpaired) electrons. The number of benzene rings is 1. The highest BCUT2D eigenvalue weighted by atomic mass is 32.2. The summed E-state index contributed by atoms with van der Waals surface area (Å²) in [6, 6.07) is 1.95. The lowest BCUT2D eigenvalue weighted by Gasteiger charge is -2.20. The monoisotopic (exact) mass is 312 g/mol. The third kappa shape index (κ3) is 4.53. The molecule has 5 heteroatoms. The first-order valence-electron chi connectivity index (χ1n) is 7.30. The van der Waals surface area contributed by atoms with Gasteiger partial charge in [-0.1, -0.05) is 6.07 Å². The van der Waals surface area contributed by atoms with Crippen molar-refractivity contribution in [3.8, 4) is 0 Å². The maximum atomic E-state index is 12.7. The molecule has 0 fully saturated rings. The predicted octanol–water partition coefficient (Wildman–Crippen LogP) is 2.54. The molecule has 120 valence electrons. The minimum Gasteiger partial charge on any atom is -0.309 e. The average Bonchev–Trinajstić information content (AvgIpc) is 2.33. The first kappa shape index (κ1) is 18.1. The minimum atomic E-state index is -3.48. The summed E-state index contributed by atoms with van der Waals surface area (Å²) < 4.78 is 28.2. The summed E-state index contributed by atoms with van der Waals surface area (Å²) in [6.45, 7) is 10.4. The van der Waals surface area contributed by atoms with Crippen LogP contribution >= 0.6 is 0 Å². The SMILES string of the molecule is Cc1cc(C)c(C)c(S(=O)(=O)NC(C)CCN(C)C)c1C. The van der Waals surface area contributed by atoms with E-state index in [1.54, 1.807) is 0 Å². The van der Waals surface area contributed by atoms with Gasteiger partial charge < -0.3 is 4.90 Å². The van der Waals surface area contributed by atoms with Gasteiger partial charge in [0, 0.05) is 6.04 Å². The maximum absolute atomic E-state index is 12.7. The van der Waals surface area contributed by atoms with Crippen molar-refractivity contribution in [3.63, 3.8) is 0 Å². The van der Waals surface area contributed by atoms with Gasteiger partial charge in [-0.05, 0) is 83.9 Å². The molecule has 0 saturated carbocycles. The van der Waals surface area contributed by atoms with Gasteiger partial charge in [0.05, 0.1) is 4.90 Å². The van der Waals surface area contributed by atoms with Crippen LogP contribution in [0.15, 0.2) is 11.0 Å². The van der Waals surface area contributed by atoms with Crippen LogP contribution in [0.4, 0.5) is 0 Å². The molecule has 0 aromatic heterocycles. The molecule has 0 heterocycles. The first-order chi connectivity index (χ1) is 9.56. The molecule has 0 saturated heterocycles. The molecule has 0 aliphatic heterocycles. The number of rotatable bonds is 6. The molecule has 0 bridgehead atoms. The number of hydrogen-bond acceptors (Lipinski definition) is 3. The molecular formula is C16H28N2O2S. The van der Waals surface area contributed by atoms with Gasteiger partial charge in [0.15, 0.2) is 0 Å². The van der Waals surface area contributed by atoms with E-state index in [0.717, 1.165) is 35.2 Å². The second-order valence-corrected chi connectivity index (χ2v) is 7.85. The lowest BCUT2D eigenvalue weighted by Crippen LogP contribution is -2.35. The standard InChI is InChI=1S/C16H28N2O2S/c1-11-10-12(2)15(5)16(14(11)4)21(19,20)17-13(3)8-9-18(6)7/h10,13,17H,8-9H2,1-7H3. The highest BCUT2D eigenvalue weighted by molar-refractivity contribution is 7.89. The Bertz CT molecular complexity index is 581. The highest BCUT2D eigenvalue weighted by Crippen LogP contribution is 2.26. The molecule has 1 unspecified atom stereocenters. The van der Waals surface area contributed by atoms with Crippen LogP contribution in [0.5, 0.6) is 0 Å². The van der Waals surface area contributed by atoms with E-state index < -0.39 is 10.0 Å². The van der Waals surface area contributed by atoms with Gasteiger partial charge >= 0.3 is 0 Å². The fraction of sp³-hybridized carbons (Fsp3) is 0.625. The van der Waals surface area contributed by atoms with Crippen LogP contribution in [0.25, 0.3) is 0 Å². The minimum absolute atomic E-state index is 0.0861. The van der Waals surface area contributed by atoms with Crippen LogP contribution in [-0.4, -0.2) is 40.0 Å². The molecule has 0 amide bonds. The molecule has 0 spiro atoms. The summed E-state index contributed by atoms with van der Waals surface area (Å²) in [7, 11) is 0.489. The van der Waals surface area contributed by atoms with Crippen LogP contribution in [0, 0.1) is 27.7 Å². The third-order valence-electron chi connectivity index (χ3n) is 3.93. The fourth-order valence-corrected chi connectivity index (χ4v) is 4.31. The average molecular weight is 312 g/mol. The van der Waals surface area contributed by atoms with Crippen molar-refractivity contribution in [2.45, 2.75) is 52.0 Å². The zero-order valence-electron chi connectivity index (χ0n) is 14.2. The number of nitrogens with zero attached hydrogens (tertiary/aromatic N) is 1. The highest BCUT2D eigenvalue weighted by Gasteiger charge is 2.23. The molecule has 1 aromatic carbocycles. The lowest BCUT2D eigenvalue weighted by molar-refractivity contribution is 0.379. The van der Waals surface area contributed by atoms with Crippen molar-refractivity contribution in [2.24, 2.45) is 0 Å². The summed E-state index contributed by atoms with van der Waals surface area (Å²) in [4.78, 5) is 2.50. The summed E-state index contributed by atoms with van der Waals surface area (Å²) in [5, 5.41) is 0. The molecule has 1 aromatic rings. The van der Waals surface area contributed by atoms with E-state index in [1.807, 2.05) is 54.8 Å². The Kier molecular flexibility index (Phi) is 5.96. The zero-order chi connectivity index (χ0) is 16.4. The van der Waals surface area contributed by atoms with Crippen LogP contribution < -0.4 is 4.72 Å². The van der Waals surface area contributed by atoms with Gasteiger partial charge in [-0.15, -0.1) is 0 Å². The Morgan fingerprint density at radius 1 is 1.10 bits per heavy atom. The molecule has 1 N–H and O–H groups in total. The molecule has 0 aliphatic rings. The van der Waals surface area contributed by atoms with E-state index in [-0.39, 0.29) is 6.04 Å². The predicted molar refractivity (Wildman–Crippen MR) is 88.3 cm³/mol. The van der Waals surface area contributed by atoms with Crippen molar-refractivity contribution in [2.75, 3.05) is 20.6 Å². The van der Waals surface area contributed by atoms with Crippen LogP contribution in [0.1, 0.15) is 35.6 Å². The lowest BCUT2D eigenvalue weighted by atomic mass is 10.0. The van der Waals surface area contributed by atoms with E-state index >= 15 is 0 Å². The number of hydrogen-bond donors (Lipinski definition) is 1. The second-order valence-electron chi connectivity index (χ2n) is 6.20. The van der Waals surface area contributed by atoms with E-state index in [0.29, 0.717) is 4.90 Å². The van der Waals surface area contributed by atoms with E-state index in [9.17, 15) is 8.42 Å². The van der Waals surface area contributed by atoms with Gasteiger partial charge in [0.25, 0.3) is 0 Å². The summed E-state index contributed by atoms with van der Waals surface area (Å²) >= 11 is 0. The van der Waals surface area contributed by atoms with Crippen molar-refractivity contribution in [1.29, 1.82) is 0 Å². The van der Waals surface area contributed by atoms with Crippen LogP contribution in [0.2, 0.25) is 0 Å². The Labute approximate surface area is 129 Å². The Hall–Kier alpha value is -0.910. The summed E-state index contributed by atoms with van der Waals surface area (Å²) in [5.74, 6) is 0. The number of sulfonamides is 1. The molecule has 21 heavy (non-hydrogen) atoms. The smallest absolute Gasteiger partial charge is 0.241 e. The summed E-state index contributed by atoms with van der Waals surface area (Å²) in [5.41, 5.74) is 3.70. The van der Waals surface area contributed by atoms with Gasteiger partial charge in [-0.2, -0.15) is 0 Å². The Morgan fingerprint density at radius 2 is 1.57 bits per heavy atom. The Balaban J connectivity index is 3.09. The van der Waals surface area contributed by atoms with Crippen molar-refractivity contribution in [3.05, 3.63) is 28.3 Å². The Morgan fingerprint density at radius 3 is 2.00 bits per heavy atom. The number of aryl methyl sites for hydroxylation is 2. The largest absolute Gasteiger partial charge is 0.309 e. The third-order valence-corrected chi connectivity index (χ3v) is 5.79. The maximum Gasteiger partial charge on any atom is 0.241 e. The number of nitrogens with one attached hydrogen (secondary N) is 1. The second kappa shape index (κ2) is 6.90. The van der Waals surface area contributed by atoms with Gasteiger partial charge in [0.2, 0.25) is 10.0 Å². The van der Waals surface area contributed by atoms with Crippen molar-refractivity contribution in [1.82, 2.24) is 9.62 Å². The van der Waals surface area contributed by atoms with Gasteiger partial charge in [-0.3, -0.25) is 0 Å². The quantitative estimate of drug-likeness (QED) is 0.878. The molecule has 4 nitrogen and oxygen atoms in total. The van der Waals surface area contributed by atoms with E-state index in [2.05, 4.69) is 9.62 Å². The van der Waals surface area contributed by atoms with Crippen LogP contribution in [0.3, 0.4) is 0 Å². The van der Waals surface area contributed by atoms with Crippen molar-refractivity contribution < 1.29 is 8.42 Å². The molecular weight excluding hydrogens is 284 g/mol. The summed E-state index contributed by atoms with van der Waals surface area (Å²) in [6.07, 6.45) is 0.787.